The highest BCUT2D eigenvalue weighted by atomic mass is 32.2. The lowest BCUT2D eigenvalue weighted by atomic mass is 10.3. The van der Waals surface area contributed by atoms with Gasteiger partial charge < -0.3 is 14.0 Å². The molecule has 0 saturated carbocycles. The van der Waals surface area contributed by atoms with Crippen molar-refractivity contribution in [2.45, 2.75) is 24.4 Å². The van der Waals surface area contributed by atoms with Gasteiger partial charge in [0, 0.05) is 20.2 Å². The Morgan fingerprint density at radius 1 is 1.26 bits per heavy atom. The van der Waals surface area contributed by atoms with Crippen molar-refractivity contribution in [3.63, 3.8) is 0 Å². The van der Waals surface area contributed by atoms with Crippen molar-refractivity contribution in [3.05, 3.63) is 30.2 Å². The van der Waals surface area contributed by atoms with Gasteiger partial charge in [-0.2, -0.15) is 22.0 Å². The maximum Gasteiger partial charge on any atom is 0.433 e. The molecule has 0 aliphatic heterocycles. The summed E-state index contributed by atoms with van der Waals surface area (Å²) in [5.74, 6) is -1.20. The molecule has 0 aromatic carbocycles. The Bertz CT molecular complexity index is 1130. The number of aromatic nitrogens is 4. The highest BCUT2D eigenvalue weighted by Gasteiger charge is 2.33. The van der Waals surface area contributed by atoms with Crippen LogP contribution in [0.3, 0.4) is 0 Å². The molecule has 13 heteroatoms. The van der Waals surface area contributed by atoms with E-state index in [1.807, 2.05) is 0 Å². The summed E-state index contributed by atoms with van der Waals surface area (Å²) in [7, 11) is 2.66. The van der Waals surface area contributed by atoms with Gasteiger partial charge in [-0.15, -0.1) is 0 Å². The first-order valence-electron chi connectivity index (χ1n) is 8.79. The first kappa shape index (κ1) is 22.9. The maximum atomic E-state index is 13.0. The fourth-order valence-electron chi connectivity index (χ4n) is 2.84. The third-order valence-corrected chi connectivity index (χ3v) is 5.85. The van der Waals surface area contributed by atoms with Crippen LogP contribution in [0.2, 0.25) is 0 Å². The number of carbonyl (C=O) groups excluding carboxylic acids is 1. The number of pyridine rings is 2. The van der Waals surface area contributed by atoms with Crippen molar-refractivity contribution in [1.82, 2.24) is 19.5 Å². The number of rotatable bonds is 5. The van der Waals surface area contributed by atoms with Gasteiger partial charge in [0.25, 0.3) is 5.91 Å². The van der Waals surface area contributed by atoms with Crippen LogP contribution < -0.4 is 4.90 Å². The number of anilines is 1. The van der Waals surface area contributed by atoms with Crippen LogP contribution in [0.1, 0.15) is 12.6 Å². The zero-order valence-electron chi connectivity index (χ0n) is 16.4. The molecule has 3 rings (SSSR count). The van der Waals surface area contributed by atoms with Gasteiger partial charge in [0.2, 0.25) is 0 Å². The molecule has 0 saturated heterocycles. The van der Waals surface area contributed by atoms with E-state index >= 15 is 0 Å². The van der Waals surface area contributed by atoms with Crippen LogP contribution in [0, 0.1) is 0 Å². The van der Waals surface area contributed by atoms with Crippen molar-refractivity contribution in [2.24, 2.45) is 7.05 Å². The Balaban J connectivity index is 2.16. The zero-order chi connectivity index (χ0) is 23.1. The minimum atomic E-state index is -4.65. The van der Waals surface area contributed by atoms with Gasteiger partial charge in [0.1, 0.15) is 11.4 Å². The molecule has 1 atom stereocenters. The monoisotopic (exact) mass is 461 g/mol. The molecule has 0 spiro atoms. The third-order valence-electron chi connectivity index (χ3n) is 4.52. The first-order valence-corrected chi connectivity index (χ1v) is 10.1. The van der Waals surface area contributed by atoms with Crippen molar-refractivity contribution in [2.75, 3.05) is 17.7 Å². The van der Waals surface area contributed by atoms with Crippen molar-refractivity contribution < 1.29 is 31.3 Å². The van der Waals surface area contributed by atoms with Crippen LogP contribution in [0.25, 0.3) is 22.6 Å². The molecule has 7 nitrogen and oxygen atoms in total. The predicted octanol–water partition coefficient (Wildman–Crippen LogP) is 3.40. The van der Waals surface area contributed by atoms with E-state index in [9.17, 15) is 31.3 Å². The van der Waals surface area contributed by atoms with E-state index in [1.54, 1.807) is 6.92 Å². The van der Waals surface area contributed by atoms with Crippen LogP contribution >= 0.6 is 0 Å². The van der Waals surface area contributed by atoms with Gasteiger partial charge >= 0.3 is 12.6 Å². The largest absolute Gasteiger partial charge is 0.611 e. The number of hydrogen-bond donors (Lipinski definition) is 0. The number of nitrogens with zero attached hydrogens (tertiary/aromatic N) is 5. The highest BCUT2D eigenvalue weighted by Crippen LogP contribution is 2.33. The van der Waals surface area contributed by atoms with Gasteiger partial charge in [-0.25, -0.2) is 15.0 Å². The van der Waals surface area contributed by atoms with Gasteiger partial charge in [0.05, 0.1) is 29.1 Å². The molecule has 3 heterocycles. The number of halogens is 5. The molecule has 0 aliphatic carbocycles. The number of amides is 1. The molecule has 0 fully saturated rings. The Kier molecular flexibility index (Phi) is 6.18. The lowest BCUT2D eigenvalue weighted by Gasteiger charge is -2.19. The number of carbonyl (C=O) groups is 1. The molecule has 3 aromatic rings. The molecular weight excluding hydrogens is 445 g/mol. The summed E-state index contributed by atoms with van der Waals surface area (Å²) in [4.78, 5) is 24.1. The van der Waals surface area contributed by atoms with Crippen LogP contribution in [0.4, 0.5) is 27.6 Å². The molecule has 0 radical (unpaired) electrons. The Hall–Kier alpha value is -2.80. The summed E-state index contributed by atoms with van der Waals surface area (Å²) in [6.45, 7) is 1.62. The predicted molar refractivity (Wildman–Crippen MR) is 103 cm³/mol. The second-order valence-corrected chi connectivity index (χ2v) is 8.13. The number of hydrogen-bond acceptors (Lipinski definition) is 5. The number of aryl methyl sites for hydroxylation is 1. The highest BCUT2D eigenvalue weighted by molar-refractivity contribution is 7.91. The Labute approximate surface area is 176 Å². The second-order valence-electron chi connectivity index (χ2n) is 6.42. The first-order chi connectivity index (χ1) is 14.5. The van der Waals surface area contributed by atoms with E-state index < -0.39 is 35.4 Å². The second kappa shape index (κ2) is 8.38. The molecule has 31 heavy (non-hydrogen) atoms. The van der Waals surface area contributed by atoms with E-state index in [0.717, 1.165) is 25.5 Å². The average molecular weight is 461 g/mol. The SMILES string of the molecule is CC[S+]([O-])c1cc(N(C)C(=O)C(F)F)cnc1-c1nc2cc(C(F)(F)F)ncc2n1C. The summed E-state index contributed by atoms with van der Waals surface area (Å²) in [6, 6.07) is 2.07. The minimum absolute atomic E-state index is 0.00364. The van der Waals surface area contributed by atoms with Crippen LogP contribution in [0.15, 0.2) is 29.4 Å². The molecule has 0 N–H and O–H groups in total. The zero-order valence-corrected chi connectivity index (χ0v) is 17.3. The molecule has 0 aliphatic rings. The van der Waals surface area contributed by atoms with Crippen molar-refractivity contribution in [1.29, 1.82) is 0 Å². The molecule has 166 valence electrons. The summed E-state index contributed by atoms with van der Waals surface area (Å²) >= 11 is -1.64. The van der Waals surface area contributed by atoms with E-state index in [-0.39, 0.29) is 38.9 Å². The molecule has 3 aromatic heterocycles. The van der Waals surface area contributed by atoms with E-state index in [0.29, 0.717) is 4.90 Å². The van der Waals surface area contributed by atoms with Crippen molar-refractivity contribution in [3.8, 4) is 11.5 Å². The summed E-state index contributed by atoms with van der Waals surface area (Å²) in [6.07, 6.45) is -5.73. The maximum absolute atomic E-state index is 13.0. The number of alkyl halides is 5. The third kappa shape index (κ3) is 4.32. The van der Waals surface area contributed by atoms with Gasteiger partial charge in [-0.3, -0.25) is 4.79 Å². The smallest absolute Gasteiger partial charge is 0.433 e. The Morgan fingerprint density at radius 3 is 2.52 bits per heavy atom. The number of imidazole rings is 1. The molecule has 1 amide bonds. The van der Waals surface area contributed by atoms with Crippen LogP contribution in [-0.4, -0.2) is 49.2 Å². The van der Waals surface area contributed by atoms with E-state index in [1.165, 1.54) is 17.7 Å². The quantitative estimate of drug-likeness (QED) is 0.429. The number of fused-ring (bicyclic) bond motifs is 1. The summed E-state index contributed by atoms with van der Waals surface area (Å²) in [5, 5.41) is 0. The topological polar surface area (TPSA) is 87.0 Å². The van der Waals surface area contributed by atoms with Gasteiger partial charge in [-0.05, 0) is 24.2 Å². The lowest BCUT2D eigenvalue weighted by Crippen LogP contribution is -2.32. The van der Waals surface area contributed by atoms with Crippen LogP contribution in [0.5, 0.6) is 0 Å². The van der Waals surface area contributed by atoms with E-state index in [2.05, 4.69) is 15.0 Å². The molecule has 1 unspecified atom stereocenters. The Morgan fingerprint density at radius 2 is 1.94 bits per heavy atom. The van der Waals surface area contributed by atoms with Gasteiger partial charge in [0.15, 0.2) is 16.4 Å². The van der Waals surface area contributed by atoms with Crippen LogP contribution in [-0.2, 0) is 29.2 Å². The minimum Gasteiger partial charge on any atom is -0.611 e. The van der Waals surface area contributed by atoms with E-state index in [4.69, 9.17) is 0 Å². The fourth-order valence-corrected chi connectivity index (χ4v) is 3.77. The lowest BCUT2D eigenvalue weighted by molar-refractivity contribution is -0.141. The van der Waals surface area contributed by atoms with Gasteiger partial charge in [-0.1, -0.05) is 0 Å². The summed E-state index contributed by atoms with van der Waals surface area (Å²) in [5.41, 5.74) is -0.742. The summed E-state index contributed by atoms with van der Waals surface area (Å²) < 4.78 is 78.5. The normalized spacial score (nSPS) is 13.1. The molecule has 0 bridgehead atoms. The fraction of sp³-hybridized carbons (Fsp3) is 0.333. The average Bonchev–Trinajstić information content (AvgIpc) is 3.06. The standard InChI is InChI=1S/C18H16F5N5O2S/c1-4-31(30)12-5-9(27(2)17(29)15(19)20)7-25-14(12)16-26-10-6-13(18(21,22)23)24-8-11(10)28(16)3/h5-8,15H,4H2,1-3H3. The van der Waals surface area contributed by atoms with Crippen molar-refractivity contribution >= 4 is 33.8 Å². The molecular formula is C18H16F5N5O2S.